The van der Waals surface area contributed by atoms with Crippen molar-refractivity contribution in [3.8, 4) is 0 Å². The van der Waals surface area contributed by atoms with E-state index < -0.39 is 5.54 Å². The van der Waals surface area contributed by atoms with Crippen LogP contribution in [0.4, 0.5) is 0 Å². The molecule has 0 amide bonds. The summed E-state index contributed by atoms with van der Waals surface area (Å²) in [6.07, 6.45) is 1.31. The molecule has 2 aliphatic heterocycles. The molecule has 112 valence electrons. The molecule has 0 fully saturated rings. The topological polar surface area (TPSA) is 38.3 Å². The summed E-state index contributed by atoms with van der Waals surface area (Å²) in [4.78, 5) is 12.3. The quantitative estimate of drug-likeness (QED) is 0.884. The molecule has 2 aliphatic rings. The van der Waals surface area contributed by atoms with Crippen molar-refractivity contribution in [3.63, 3.8) is 0 Å². The molecule has 1 N–H and O–H groups in total. The summed E-state index contributed by atoms with van der Waals surface area (Å²) in [7, 11) is 0. The number of carbonyl (C=O) groups excluding carboxylic acids is 1. The van der Waals surface area contributed by atoms with Gasteiger partial charge >= 0.3 is 5.97 Å². The first-order valence-electron chi connectivity index (χ1n) is 7.85. The van der Waals surface area contributed by atoms with Crippen LogP contribution in [0.2, 0.25) is 0 Å². The van der Waals surface area contributed by atoms with E-state index in [1.807, 2.05) is 6.92 Å². The number of esters is 1. The Morgan fingerprint density at radius 2 is 1.91 bits per heavy atom. The van der Waals surface area contributed by atoms with E-state index in [1.54, 1.807) is 0 Å². The minimum Gasteiger partial charge on any atom is -0.466 e. The fourth-order valence-corrected chi connectivity index (χ4v) is 4.03. The summed E-state index contributed by atoms with van der Waals surface area (Å²) in [5.74, 6) is -0.151. The lowest BCUT2D eigenvalue weighted by molar-refractivity contribution is -0.144. The highest BCUT2D eigenvalue weighted by Crippen LogP contribution is 2.50. The molecule has 2 aromatic carbocycles. The van der Waals surface area contributed by atoms with Crippen molar-refractivity contribution < 1.29 is 9.53 Å². The molecule has 0 saturated heterocycles. The normalized spacial score (nSPS) is 24.5. The smallest absolute Gasteiger partial charge is 0.308 e. The van der Waals surface area contributed by atoms with Crippen LogP contribution >= 0.6 is 0 Å². The van der Waals surface area contributed by atoms with E-state index in [-0.39, 0.29) is 12.0 Å². The Morgan fingerprint density at radius 1 is 1.18 bits per heavy atom. The highest BCUT2D eigenvalue weighted by Gasteiger charge is 2.49. The second kappa shape index (κ2) is 4.96. The van der Waals surface area contributed by atoms with Gasteiger partial charge in [-0.05, 0) is 35.6 Å². The number of hydrogen-bond acceptors (Lipinski definition) is 3. The van der Waals surface area contributed by atoms with Crippen LogP contribution in [0.3, 0.4) is 0 Å². The number of rotatable bonds is 3. The summed E-state index contributed by atoms with van der Waals surface area (Å²) < 4.78 is 5.24. The number of benzene rings is 2. The van der Waals surface area contributed by atoms with Crippen LogP contribution in [0.1, 0.15) is 41.6 Å². The maximum absolute atomic E-state index is 12.3. The lowest BCUT2D eigenvalue weighted by Gasteiger charge is -2.37. The molecule has 3 nitrogen and oxygen atoms in total. The van der Waals surface area contributed by atoms with Crippen LogP contribution in [-0.4, -0.2) is 12.6 Å². The van der Waals surface area contributed by atoms with E-state index in [0.717, 1.165) is 6.42 Å². The van der Waals surface area contributed by atoms with Crippen molar-refractivity contribution >= 4 is 5.97 Å². The first-order chi connectivity index (χ1) is 10.7. The zero-order chi connectivity index (χ0) is 15.2. The standard InChI is InChI=1S/C19H19NO2/c1-2-22-18(21)12-19-15-9-5-3-7-13(15)11-17(20-19)14-8-4-6-10-16(14)19/h3-10,17,20H,2,11-12H2,1H3. The molecular weight excluding hydrogens is 274 g/mol. The minimum absolute atomic E-state index is 0.151. The molecule has 2 unspecified atom stereocenters. The average molecular weight is 293 g/mol. The van der Waals surface area contributed by atoms with E-state index in [4.69, 9.17) is 4.74 Å². The molecule has 0 saturated carbocycles. The Kier molecular flexibility index (Phi) is 3.05. The fraction of sp³-hybridized carbons (Fsp3) is 0.316. The van der Waals surface area contributed by atoms with Crippen LogP contribution in [-0.2, 0) is 21.5 Å². The van der Waals surface area contributed by atoms with Gasteiger partial charge in [-0.3, -0.25) is 10.1 Å². The van der Waals surface area contributed by atoms with Gasteiger partial charge in [0.25, 0.3) is 0 Å². The number of ether oxygens (including phenoxy) is 1. The van der Waals surface area contributed by atoms with Gasteiger partial charge in [-0.15, -0.1) is 0 Å². The molecule has 0 spiro atoms. The van der Waals surface area contributed by atoms with Gasteiger partial charge in [0.15, 0.2) is 0 Å². The number of hydrogen-bond donors (Lipinski definition) is 1. The summed E-state index contributed by atoms with van der Waals surface area (Å²) in [6.45, 7) is 2.27. The van der Waals surface area contributed by atoms with E-state index in [0.29, 0.717) is 13.0 Å². The second-order valence-corrected chi connectivity index (χ2v) is 6.03. The molecule has 2 atom stereocenters. The number of fused-ring (bicyclic) bond motifs is 7. The van der Waals surface area contributed by atoms with Gasteiger partial charge in [0.05, 0.1) is 18.6 Å². The van der Waals surface area contributed by atoms with Crippen molar-refractivity contribution in [2.45, 2.75) is 31.3 Å². The van der Waals surface area contributed by atoms with Gasteiger partial charge in [-0.25, -0.2) is 0 Å². The molecule has 2 heterocycles. The Morgan fingerprint density at radius 3 is 2.73 bits per heavy atom. The highest BCUT2D eigenvalue weighted by atomic mass is 16.5. The van der Waals surface area contributed by atoms with E-state index in [9.17, 15) is 4.79 Å². The zero-order valence-electron chi connectivity index (χ0n) is 12.6. The van der Waals surface area contributed by atoms with Crippen LogP contribution in [0, 0.1) is 0 Å². The first-order valence-corrected chi connectivity index (χ1v) is 7.85. The van der Waals surface area contributed by atoms with Crippen LogP contribution in [0.5, 0.6) is 0 Å². The van der Waals surface area contributed by atoms with Crippen molar-refractivity contribution in [1.29, 1.82) is 0 Å². The van der Waals surface area contributed by atoms with Gasteiger partial charge in [0.2, 0.25) is 0 Å². The van der Waals surface area contributed by atoms with Gasteiger partial charge < -0.3 is 4.74 Å². The van der Waals surface area contributed by atoms with E-state index in [1.165, 1.54) is 22.3 Å². The summed E-state index contributed by atoms with van der Waals surface area (Å²) in [5.41, 5.74) is 4.62. The largest absolute Gasteiger partial charge is 0.466 e. The Labute approximate surface area is 130 Å². The predicted molar refractivity (Wildman–Crippen MR) is 84.5 cm³/mol. The van der Waals surface area contributed by atoms with Crippen LogP contribution < -0.4 is 5.32 Å². The van der Waals surface area contributed by atoms with Crippen molar-refractivity contribution in [3.05, 3.63) is 70.8 Å². The minimum atomic E-state index is -0.442. The Balaban J connectivity index is 1.89. The monoisotopic (exact) mass is 293 g/mol. The van der Waals surface area contributed by atoms with Crippen molar-refractivity contribution in [2.75, 3.05) is 6.61 Å². The maximum atomic E-state index is 12.3. The molecule has 2 bridgehead atoms. The second-order valence-electron chi connectivity index (χ2n) is 6.03. The molecule has 3 heteroatoms. The summed E-state index contributed by atoms with van der Waals surface area (Å²) >= 11 is 0. The molecule has 0 aromatic heterocycles. The highest BCUT2D eigenvalue weighted by molar-refractivity contribution is 5.74. The van der Waals surface area contributed by atoms with E-state index >= 15 is 0 Å². The number of carbonyl (C=O) groups is 1. The molecule has 0 radical (unpaired) electrons. The van der Waals surface area contributed by atoms with Crippen molar-refractivity contribution in [1.82, 2.24) is 5.32 Å². The van der Waals surface area contributed by atoms with Gasteiger partial charge in [0, 0.05) is 6.04 Å². The van der Waals surface area contributed by atoms with Crippen LogP contribution in [0.25, 0.3) is 0 Å². The fourth-order valence-electron chi connectivity index (χ4n) is 4.03. The van der Waals surface area contributed by atoms with Crippen LogP contribution in [0.15, 0.2) is 48.5 Å². The Hall–Kier alpha value is -2.13. The third-order valence-electron chi connectivity index (χ3n) is 4.83. The van der Waals surface area contributed by atoms with Gasteiger partial charge in [-0.2, -0.15) is 0 Å². The third-order valence-corrected chi connectivity index (χ3v) is 4.83. The molecule has 22 heavy (non-hydrogen) atoms. The lowest BCUT2D eigenvalue weighted by atomic mass is 9.78. The molecular formula is C19H19NO2. The predicted octanol–water partition coefficient (Wildman–Crippen LogP) is 3.08. The maximum Gasteiger partial charge on any atom is 0.308 e. The van der Waals surface area contributed by atoms with Gasteiger partial charge in [-0.1, -0.05) is 48.5 Å². The molecule has 4 rings (SSSR count). The van der Waals surface area contributed by atoms with E-state index in [2.05, 4.69) is 53.8 Å². The lowest BCUT2D eigenvalue weighted by Crippen LogP contribution is -2.45. The Bertz CT molecular complexity index is 727. The third kappa shape index (κ3) is 1.82. The first kappa shape index (κ1) is 13.5. The summed E-state index contributed by atoms with van der Waals surface area (Å²) in [6, 6.07) is 17.2. The zero-order valence-corrected chi connectivity index (χ0v) is 12.6. The number of nitrogens with one attached hydrogen (secondary N) is 1. The summed E-state index contributed by atoms with van der Waals surface area (Å²) in [5, 5.41) is 3.71. The SMILES string of the molecule is CCOC(=O)CC12NC(Cc3ccccc31)c1ccccc12. The van der Waals surface area contributed by atoms with Gasteiger partial charge in [0.1, 0.15) is 0 Å². The molecule has 2 aromatic rings. The average Bonchev–Trinajstić information content (AvgIpc) is 2.78. The molecule has 0 aliphatic carbocycles. The van der Waals surface area contributed by atoms with Crippen molar-refractivity contribution in [2.24, 2.45) is 0 Å².